The standard InChI is InChI=1S/C15H16ClN3O2/c1-11(21-14-7-5-12(16)6-8-14)19-15(20)18-10-13-4-2-3-9-17-13/h2-9,11H,10H2,1H3,(H2,18,19,20). The third kappa shape index (κ3) is 5.31. The first-order valence-electron chi connectivity index (χ1n) is 6.50. The lowest BCUT2D eigenvalue weighted by molar-refractivity contribution is 0.177. The first kappa shape index (κ1) is 15.1. The number of ether oxygens (including phenoxy) is 1. The van der Waals surface area contributed by atoms with Crippen LogP contribution < -0.4 is 15.4 Å². The van der Waals surface area contributed by atoms with Gasteiger partial charge in [0.1, 0.15) is 5.75 Å². The van der Waals surface area contributed by atoms with Gasteiger partial charge < -0.3 is 15.4 Å². The summed E-state index contributed by atoms with van der Waals surface area (Å²) in [5.41, 5.74) is 0.791. The number of urea groups is 1. The van der Waals surface area contributed by atoms with Crippen LogP contribution in [0.5, 0.6) is 5.75 Å². The van der Waals surface area contributed by atoms with Crippen LogP contribution in [0.25, 0.3) is 0 Å². The summed E-state index contributed by atoms with van der Waals surface area (Å²) < 4.78 is 5.55. The average molecular weight is 306 g/mol. The Bertz CT molecular complexity index is 575. The Balaban J connectivity index is 1.75. The maximum atomic E-state index is 11.7. The minimum absolute atomic E-state index is 0.317. The maximum Gasteiger partial charge on any atom is 0.317 e. The third-order valence-electron chi connectivity index (χ3n) is 2.62. The van der Waals surface area contributed by atoms with Crippen molar-refractivity contribution in [2.75, 3.05) is 0 Å². The highest BCUT2D eigenvalue weighted by Gasteiger charge is 2.08. The Morgan fingerprint density at radius 2 is 2.05 bits per heavy atom. The van der Waals surface area contributed by atoms with E-state index in [0.29, 0.717) is 17.3 Å². The Kier molecular flexibility index (Phi) is 5.40. The molecule has 0 saturated heterocycles. The van der Waals surface area contributed by atoms with Crippen molar-refractivity contribution in [2.45, 2.75) is 19.7 Å². The van der Waals surface area contributed by atoms with Crippen LogP contribution in [0, 0.1) is 0 Å². The van der Waals surface area contributed by atoms with Crippen LogP contribution in [0.3, 0.4) is 0 Å². The van der Waals surface area contributed by atoms with E-state index in [-0.39, 0.29) is 6.03 Å². The van der Waals surface area contributed by atoms with Gasteiger partial charge in [0.05, 0.1) is 12.2 Å². The molecule has 5 nitrogen and oxygen atoms in total. The van der Waals surface area contributed by atoms with Gasteiger partial charge in [-0.05, 0) is 43.3 Å². The van der Waals surface area contributed by atoms with Gasteiger partial charge in [0.2, 0.25) is 0 Å². The molecule has 110 valence electrons. The van der Waals surface area contributed by atoms with E-state index in [4.69, 9.17) is 16.3 Å². The molecule has 2 N–H and O–H groups in total. The molecule has 21 heavy (non-hydrogen) atoms. The van der Waals surface area contributed by atoms with Gasteiger partial charge in [-0.25, -0.2) is 4.79 Å². The predicted octanol–water partition coefficient (Wildman–Crippen LogP) is 2.96. The number of rotatable bonds is 5. The molecule has 0 bridgehead atoms. The maximum absolute atomic E-state index is 11.7. The highest BCUT2D eigenvalue weighted by molar-refractivity contribution is 6.30. The van der Waals surface area contributed by atoms with Crippen molar-refractivity contribution >= 4 is 17.6 Å². The van der Waals surface area contributed by atoms with Crippen molar-refractivity contribution in [2.24, 2.45) is 0 Å². The molecule has 0 aliphatic rings. The van der Waals surface area contributed by atoms with E-state index in [9.17, 15) is 4.79 Å². The summed E-state index contributed by atoms with van der Waals surface area (Å²) in [5, 5.41) is 6.03. The number of halogens is 1. The van der Waals surface area contributed by atoms with Gasteiger partial charge in [0, 0.05) is 11.2 Å². The molecule has 0 aliphatic carbocycles. The molecule has 0 saturated carbocycles. The SMILES string of the molecule is CC(NC(=O)NCc1ccccn1)Oc1ccc(Cl)cc1. The predicted molar refractivity (Wildman–Crippen MR) is 81.2 cm³/mol. The largest absolute Gasteiger partial charge is 0.471 e. The minimum Gasteiger partial charge on any atom is -0.471 e. The van der Waals surface area contributed by atoms with E-state index in [2.05, 4.69) is 15.6 Å². The van der Waals surface area contributed by atoms with E-state index in [1.54, 1.807) is 37.4 Å². The van der Waals surface area contributed by atoms with E-state index in [1.807, 2.05) is 18.2 Å². The summed E-state index contributed by atoms with van der Waals surface area (Å²) in [4.78, 5) is 15.8. The van der Waals surface area contributed by atoms with Crippen molar-refractivity contribution in [3.63, 3.8) is 0 Å². The lowest BCUT2D eigenvalue weighted by Crippen LogP contribution is -2.43. The first-order valence-corrected chi connectivity index (χ1v) is 6.88. The van der Waals surface area contributed by atoms with Gasteiger partial charge in [0.15, 0.2) is 6.23 Å². The molecular formula is C15H16ClN3O2. The first-order chi connectivity index (χ1) is 10.1. The highest BCUT2D eigenvalue weighted by Crippen LogP contribution is 2.16. The smallest absolute Gasteiger partial charge is 0.317 e. The molecule has 1 aromatic carbocycles. The van der Waals surface area contributed by atoms with Gasteiger partial charge in [-0.2, -0.15) is 0 Å². The van der Waals surface area contributed by atoms with Crippen LogP contribution in [0.2, 0.25) is 5.02 Å². The number of nitrogens with one attached hydrogen (secondary N) is 2. The number of hydrogen-bond donors (Lipinski definition) is 2. The topological polar surface area (TPSA) is 63.2 Å². The van der Waals surface area contributed by atoms with Crippen LogP contribution in [0.15, 0.2) is 48.7 Å². The second-order valence-electron chi connectivity index (χ2n) is 4.36. The molecule has 0 spiro atoms. The van der Waals surface area contributed by atoms with Gasteiger partial charge in [0.25, 0.3) is 0 Å². The molecule has 2 rings (SSSR count). The number of carbonyl (C=O) groups excluding carboxylic acids is 1. The van der Waals surface area contributed by atoms with Gasteiger partial charge in [-0.15, -0.1) is 0 Å². The number of nitrogens with zero attached hydrogens (tertiary/aromatic N) is 1. The fourth-order valence-corrected chi connectivity index (χ4v) is 1.78. The summed E-state index contributed by atoms with van der Waals surface area (Å²) in [7, 11) is 0. The van der Waals surface area contributed by atoms with E-state index < -0.39 is 6.23 Å². The zero-order chi connectivity index (χ0) is 15.1. The fourth-order valence-electron chi connectivity index (χ4n) is 1.66. The van der Waals surface area contributed by atoms with Crippen molar-refractivity contribution in [3.05, 3.63) is 59.4 Å². The number of pyridine rings is 1. The number of carbonyl (C=O) groups is 1. The van der Waals surface area contributed by atoms with Crippen LogP contribution >= 0.6 is 11.6 Å². The Morgan fingerprint density at radius 3 is 2.71 bits per heavy atom. The summed E-state index contributed by atoms with van der Waals surface area (Å²) in [6.45, 7) is 2.11. The summed E-state index contributed by atoms with van der Waals surface area (Å²) in [5.74, 6) is 0.636. The number of aromatic nitrogens is 1. The normalized spacial score (nSPS) is 11.5. The van der Waals surface area contributed by atoms with E-state index in [1.165, 1.54) is 0 Å². The molecular weight excluding hydrogens is 290 g/mol. The van der Waals surface area contributed by atoms with Gasteiger partial charge >= 0.3 is 6.03 Å². The lowest BCUT2D eigenvalue weighted by atomic mass is 10.3. The van der Waals surface area contributed by atoms with E-state index in [0.717, 1.165) is 5.69 Å². The molecule has 0 aliphatic heterocycles. The molecule has 1 aromatic heterocycles. The summed E-state index contributed by atoms with van der Waals surface area (Å²) in [6.07, 6.45) is 1.22. The molecule has 2 aromatic rings. The number of amides is 2. The summed E-state index contributed by atoms with van der Waals surface area (Å²) >= 11 is 5.79. The second-order valence-corrected chi connectivity index (χ2v) is 4.80. The Morgan fingerprint density at radius 1 is 1.29 bits per heavy atom. The second kappa shape index (κ2) is 7.50. The third-order valence-corrected chi connectivity index (χ3v) is 2.87. The zero-order valence-corrected chi connectivity index (χ0v) is 12.3. The van der Waals surface area contributed by atoms with Gasteiger partial charge in [-0.1, -0.05) is 17.7 Å². The van der Waals surface area contributed by atoms with Crippen LogP contribution in [0.4, 0.5) is 4.79 Å². The fraction of sp³-hybridized carbons (Fsp3) is 0.200. The van der Waals surface area contributed by atoms with Crippen LogP contribution in [-0.2, 0) is 6.54 Å². The Hall–Kier alpha value is -2.27. The Labute approximate surface area is 128 Å². The zero-order valence-electron chi connectivity index (χ0n) is 11.5. The minimum atomic E-state index is -0.463. The van der Waals surface area contributed by atoms with Crippen molar-refractivity contribution in [3.8, 4) is 5.75 Å². The number of benzene rings is 1. The lowest BCUT2D eigenvalue weighted by Gasteiger charge is -2.16. The highest BCUT2D eigenvalue weighted by atomic mass is 35.5. The number of hydrogen-bond acceptors (Lipinski definition) is 3. The molecule has 0 fully saturated rings. The van der Waals surface area contributed by atoms with Crippen molar-refractivity contribution < 1.29 is 9.53 Å². The average Bonchev–Trinajstić information content (AvgIpc) is 2.48. The van der Waals surface area contributed by atoms with Crippen molar-refractivity contribution in [1.29, 1.82) is 0 Å². The monoisotopic (exact) mass is 305 g/mol. The van der Waals surface area contributed by atoms with E-state index >= 15 is 0 Å². The quantitative estimate of drug-likeness (QED) is 0.835. The molecule has 1 unspecified atom stereocenters. The van der Waals surface area contributed by atoms with Crippen LogP contribution in [-0.4, -0.2) is 17.2 Å². The molecule has 6 heteroatoms. The molecule has 1 atom stereocenters. The van der Waals surface area contributed by atoms with Crippen LogP contribution in [0.1, 0.15) is 12.6 Å². The van der Waals surface area contributed by atoms with Gasteiger partial charge in [-0.3, -0.25) is 4.98 Å². The molecule has 0 radical (unpaired) electrons. The molecule has 1 heterocycles. The van der Waals surface area contributed by atoms with Crippen molar-refractivity contribution in [1.82, 2.24) is 15.6 Å². The summed E-state index contributed by atoms with van der Waals surface area (Å²) in [6, 6.07) is 12.2. The molecule has 2 amide bonds.